The Bertz CT molecular complexity index is 2570. The van der Waals surface area contributed by atoms with Crippen LogP contribution in [0.1, 0.15) is 197 Å². The second-order valence-electron chi connectivity index (χ2n) is 24.7. The summed E-state index contributed by atoms with van der Waals surface area (Å²) in [6, 6.07) is 34.1. The number of rotatable bonds is 6. The topological polar surface area (TPSA) is 6.48 Å². The van der Waals surface area contributed by atoms with Crippen LogP contribution in [0.2, 0.25) is 0 Å². The Balaban J connectivity index is 1.44. The molecule has 0 bridgehead atoms. The van der Waals surface area contributed by atoms with E-state index in [0.29, 0.717) is 5.56 Å². The summed E-state index contributed by atoms with van der Waals surface area (Å²) in [7, 11) is 0. The number of hydrogen-bond acceptors (Lipinski definition) is 2. The van der Waals surface area contributed by atoms with Crippen molar-refractivity contribution in [1.29, 1.82) is 0 Å². The van der Waals surface area contributed by atoms with Gasteiger partial charge in [0.2, 0.25) is 0 Å². The third kappa shape index (κ3) is 7.74. The average Bonchev–Trinajstić information content (AvgIpc) is 3.20. The molecule has 5 aromatic carbocycles. The highest BCUT2D eigenvalue weighted by molar-refractivity contribution is 5.85. The smallest absolute Gasteiger partial charge is 0.0493 e. The van der Waals surface area contributed by atoms with Crippen LogP contribution in [-0.2, 0) is 37.9 Å². The van der Waals surface area contributed by atoms with Gasteiger partial charge in [-0.05, 0) is 201 Å². The van der Waals surface area contributed by atoms with E-state index in [2.05, 4.69) is 199 Å². The minimum atomic E-state index is -2.36. The molecule has 0 spiro atoms. The van der Waals surface area contributed by atoms with Crippen molar-refractivity contribution in [3.05, 3.63) is 141 Å². The molecule has 0 aromatic heterocycles. The Morgan fingerprint density at radius 2 is 0.774 bits per heavy atom. The van der Waals surface area contributed by atoms with Gasteiger partial charge < -0.3 is 9.80 Å². The van der Waals surface area contributed by atoms with Gasteiger partial charge >= 0.3 is 0 Å². The maximum atomic E-state index is 9.06. The van der Waals surface area contributed by atoms with Crippen LogP contribution in [0.25, 0.3) is 0 Å². The molecule has 0 saturated carbocycles. The van der Waals surface area contributed by atoms with E-state index in [1.807, 2.05) is 12.1 Å². The zero-order chi connectivity index (χ0) is 47.7. The monoisotopic (exact) mass is 830 g/mol. The number of fused-ring (bicyclic) bond motifs is 3. The average molecular weight is 830 g/mol. The molecule has 0 radical (unpaired) electrons. The van der Waals surface area contributed by atoms with Crippen LogP contribution in [-0.4, -0.2) is 0 Å². The number of hydrogen-bond donors (Lipinski definition) is 0. The molecule has 2 nitrogen and oxygen atoms in total. The van der Waals surface area contributed by atoms with Gasteiger partial charge in [-0.25, -0.2) is 0 Å². The van der Waals surface area contributed by atoms with Gasteiger partial charge in [-0.3, -0.25) is 0 Å². The summed E-state index contributed by atoms with van der Waals surface area (Å²) in [6.45, 7) is 35.2. The van der Waals surface area contributed by atoms with Crippen LogP contribution < -0.4 is 9.80 Å². The van der Waals surface area contributed by atoms with E-state index < -0.39 is 6.85 Å². The van der Waals surface area contributed by atoms with Gasteiger partial charge in [0.1, 0.15) is 0 Å². The van der Waals surface area contributed by atoms with Gasteiger partial charge in [0.25, 0.3) is 0 Å². The van der Waals surface area contributed by atoms with Crippen LogP contribution >= 0.6 is 0 Å². The SMILES string of the molecule is [2H]C([2H])([2H])c1cc(N(c2ccc3c(c2)C(C)(C)CCC3(C)C)c2ccc3c(c2)C(C)(C)CCC3(C)C)cc(N(c2ccc(C(C)(C)C)cc2)c2cc3c(cc2C)C(C)(C)CCC3(C)C)c1. The fourth-order valence-corrected chi connectivity index (χ4v) is 11.2. The molecule has 0 aliphatic heterocycles. The van der Waals surface area contributed by atoms with Crippen LogP contribution in [0.5, 0.6) is 0 Å². The molecule has 0 amide bonds. The summed E-state index contributed by atoms with van der Waals surface area (Å²) >= 11 is 0. The molecule has 0 N–H and O–H groups in total. The Kier molecular flexibility index (Phi) is 9.54. The van der Waals surface area contributed by atoms with Gasteiger partial charge in [-0.15, -0.1) is 0 Å². The molecular formula is C60H78N2. The molecule has 0 unspecified atom stereocenters. The van der Waals surface area contributed by atoms with E-state index >= 15 is 0 Å². The maximum absolute atomic E-state index is 9.06. The molecular weight excluding hydrogens is 749 g/mol. The molecule has 2 heteroatoms. The molecule has 3 aliphatic rings. The number of aryl methyl sites for hydroxylation is 2. The van der Waals surface area contributed by atoms with Crippen molar-refractivity contribution in [2.75, 3.05) is 9.80 Å². The summed E-state index contributed by atoms with van der Waals surface area (Å²) in [6.07, 6.45) is 6.73. The van der Waals surface area contributed by atoms with E-state index in [0.717, 1.165) is 72.6 Å². The van der Waals surface area contributed by atoms with E-state index in [4.69, 9.17) is 4.11 Å². The van der Waals surface area contributed by atoms with E-state index in [1.54, 1.807) is 0 Å². The van der Waals surface area contributed by atoms with Crippen molar-refractivity contribution < 1.29 is 4.11 Å². The largest absolute Gasteiger partial charge is 0.310 e. The second kappa shape index (κ2) is 14.6. The number of benzene rings is 5. The zero-order valence-electron chi connectivity index (χ0n) is 44.3. The van der Waals surface area contributed by atoms with Crippen molar-refractivity contribution in [2.24, 2.45) is 0 Å². The van der Waals surface area contributed by atoms with Gasteiger partial charge in [0, 0.05) is 38.2 Å². The molecule has 328 valence electrons. The predicted octanol–water partition coefficient (Wildman–Crippen LogP) is 17.6. The van der Waals surface area contributed by atoms with Crippen molar-refractivity contribution >= 4 is 34.1 Å². The highest BCUT2D eigenvalue weighted by Gasteiger charge is 2.41. The summed E-state index contributed by atoms with van der Waals surface area (Å²) in [4.78, 5) is 4.70. The summed E-state index contributed by atoms with van der Waals surface area (Å²) in [5.74, 6) is 0. The molecule has 0 fully saturated rings. The molecule has 5 aromatic rings. The van der Waals surface area contributed by atoms with Gasteiger partial charge in [0.15, 0.2) is 0 Å². The lowest BCUT2D eigenvalue weighted by molar-refractivity contribution is 0.332. The first-order valence-corrected chi connectivity index (χ1v) is 23.6. The standard InChI is InChI=1S/C60H78N2/c1-39-32-45(35-46(33-39)62(42-20-18-41(19-21-42)54(3,4)5)53-38-52-49(34-40(53)2)57(10,11)30-31-60(52,16)17)61(43-22-24-47-50(36-43)58(12,13)28-26-55(47,6)7)44-23-25-48-51(37-44)59(14,15)29-27-56(48,8)9/h18-25,32-38H,26-31H2,1-17H3/i1D3. The first kappa shape index (κ1) is 40.5. The predicted molar refractivity (Wildman–Crippen MR) is 270 cm³/mol. The minimum absolute atomic E-state index is 0.0115. The molecule has 0 atom stereocenters. The summed E-state index contributed by atoms with van der Waals surface area (Å²) in [5, 5.41) is 0. The Morgan fingerprint density at radius 3 is 1.19 bits per heavy atom. The quantitative estimate of drug-likeness (QED) is 0.168. The fourth-order valence-electron chi connectivity index (χ4n) is 11.2. The number of nitrogens with zero attached hydrogens (tertiary/aromatic N) is 2. The lowest BCUT2D eigenvalue weighted by Crippen LogP contribution is -2.34. The zero-order valence-corrected chi connectivity index (χ0v) is 41.3. The highest BCUT2D eigenvalue weighted by Crippen LogP contribution is 2.53. The Labute approximate surface area is 381 Å². The van der Waals surface area contributed by atoms with Crippen molar-refractivity contribution in [3.8, 4) is 0 Å². The normalized spacial score (nSPS) is 21.0. The van der Waals surface area contributed by atoms with Crippen molar-refractivity contribution in [1.82, 2.24) is 0 Å². The molecule has 62 heavy (non-hydrogen) atoms. The van der Waals surface area contributed by atoms with E-state index in [-0.39, 0.29) is 37.9 Å². The third-order valence-corrected chi connectivity index (χ3v) is 16.0. The maximum Gasteiger partial charge on any atom is 0.0493 e. The second-order valence-corrected chi connectivity index (χ2v) is 24.7. The molecule has 8 rings (SSSR count). The Hall–Kier alpha value is -4.30. The molecule has 3 aliphatic carbocycles. The van der Waals surface area contributed by atoms with E-state index in [1.165, 1.54) is 44.5 Å². The van der Waals surface area contributed by atoms with Gasteiger partial charge in [-0.2, -0.15) is 0 Å². The van der Waals surface area contributed by atoms with Crippen molar-refractivity contribution in [2.45, 2.75) is 194 Å². The molecule has 0 saturated heterocycles. The van der Waals surface area contributed by atoms with Crippen LogP contribution in [0.15, 0.2) is 91.0 Å². The van der Waals surface area contributed by atoms with Crippen molar-refractivity contribution in [3.63, 3.8) is 0 Å². The minimum Gasteiger partial charge on any atom is -0.310 e. The van der Waals surface area contributed by atoms with Crippen LogP contribution in [0.4, 0.5) is 34.1 Å². The lowest BCUT2D eigenvalue weighted by atomic mass is 9.63. The van der Waals surface area contributed by atoms with Crippen LogP contribution in [0.3, 0.4) is 0 Å². The lowest BCUT2D eigenvalue weighted by Gasteiger charge is -2.43. The highest BCUT2D eigenvalue weighted by atomic mass is 15.2. The first-order chi connectivity index (χ1) is 29.8. The third-order valence-electron chi connectivity index (χ3n) is 16.0. The first-order valence-electron chi connectivity index (χ1n) is 25.1. The number of anilines is 6. The Morgan fingerprint density at radius 1 is 0.403 bits per heavy atom. The summed E-state index contributed by atoms with van der Waals surface area (Å²) in [5.41, 5.74) is 17.1. The van der Waals surface area contributed by atoms with Gasteiger partial charge in [-0.1, -0.05) is 134 Å². The van der Waals surface area contributed by atoms with Gasteiger partial charge in [0.05, 0.1) is 0 Å². The summed E-state index contributed by atoms with van der Waals surface area (Å²) < 4.78 is 27.2. The fraction of sp³-hybridized carbons (Fsp3) is 0.500. The van der Waals surface area contributed by atoms with E-state index in [9.17, 15) is 0 Å². The molecule has 0 heterocycles. The van der Waals surface area contributed by atoms with Crippen LogP contribution in [0, 0.1) is 13.8 Å².